The molecule has 0 saturated heterocycles. The van der Waals surface area contributed by atoms with Crippen LogP contribution in [-0.2, 0) is 11.3 Å². The zero-order valence-electron chi connectivity index (χ0n) is 10.7. The fraction of sp³-hybridized carbons (Fsp3) is 0.357. The third kappa shape index (κ3) is 5.47. The molecule has 18 heavy (non-hydrogen) atoms. The minimum absolute atomic E-state index is 0.105. The largest absolute Gasteiger partial charge is 0.374 e. The lowest BCUT2D eigenvalue weighted by Crippen LogP contribution is -2.24. The van der Waals surface area contributed by atoms with Crippen molar-refractivity contribution in [2.45, 2.75) is 26.6 Å². The molecule has 1 N–H and O–H groups in total. The van der Waals surface area contributed by atoms with Crippen molar-refractivity contribution in [3.63, 3.8) is 0 Å². The fourth-order valence-electron chi connectivity index (χ4n) is 1.29. The van der Waals surface area contributed by atoms with Crippen molar-refractivity contribution < 1.29 is 9.53 Å². The predicted octanol–water partition coefficient (Wildman–Crippen LogP) is 3.25. The van der Waals surface area contributed by atoms with Crippen LogP contribution in [0.25, 0.3) is 0 Å². The Morgan fingerprint density at radius 3 is 2.50 bits per heavy atom. The van der Waals surface area contributed by atoms with Gasteiger partial charge in [0.05, 0.1) is 12.7 Å². The van der Waals surface area contributed by atoms with Gasteiger partial charge >= 0.3 is 0 Å². The van der Waals surface area contributed by atoms with Gasteiger partial charge in [-0.2, -0.15) is 0 Å². The summed E-state index contributed by atoms with van der Waals surface area (Å²) in [4.78, 5) is 11.7. The number of carbonyl (C=O) groups excluding carboxylic acids is 1. The topological polar surface area (TPSA) is 38.3 Å². The van der Waals surface area contributed by atoms with Crippen LogP contribution in [0.15, 0.2) is 35.3 Å². The van der Waals surface area contributed by atoms with E-state index in [1.54, 1.807) is 12.1 Å². The van der Waals surface area contributed by atoms with Gasteiger partial charge in [-0.3, -0.25) is 4.79 Å². The molecule has 0 atom stereocenters. The van der Waals surface area contributed by atoms with Crippen molar-refractivity contribution in [3.05, 3.63) is 46.5 Å². The van der Waals surface area contributed by atoms with Gasteiger partial charge < -0.3 is 10.1 Å². The molecule has 0 radical (unpaired) electrons. The number of rotatable bonds is 6. The Balaban J connectivity index is 2.53. The normalized spacial score (nSPS) is 10.4. The molecule has 0 saturated carbocycles. The average molecular weight is 312 g/mol. The van der Waals surface area contributed by atoms with Crippen molar-refractivity contribution in [2.75, 3.05) is 6.54 Å². The van der Waals surface area contributed by atoms with Gasteiger partial charge in [0.25, 0.3) is 5.91 Å². The third-order valence-corrected chi connectivity index (χ3v) is 2.52. The van der Waals surface area contributed by atoms with E-state index in [-0.39, 0.29) is 12.0 Å². The van der Waals surface area contributed by atoms with E-state index in [4.69, 9.17) is 4.74 Å². The van der Waals surface area contributed by atoms with Gasteiger partial charge in [-0.05, 0) is 31.5 Å². The van der Waals surface area contributed by atoms with Gasteiger partial charge in [0, 0.05) is 16.6 Å². The van der Waals surface area contributed by atoms with Crippen molar-refractivity contribution in [2.24, 2.45) is 0 Å². The SMILES string of the molecule is C=C(Br)CNC(=O)c1ccc(COC(C)C)cc1. The monoisotopic (exact) mass is 311 g/mol. The van der Waals surface area contributed by atoms with Crippen molar-refractivity contribution in [1.29, 1.82) is 0 Å². The van der Waals surface area contributed by atoms with E-state index in [1.807, 2.05) is 26.0 Å². The standard InChI is InChI=1S/C14H18BrNO2/c1-10(2)18-9-12-4-6-13(7-5-12)14(17)16-8-11(3)15/h4-7,10H,3,8-9H2,1-2H3,(H,16,17). The van der Waals surface area contributed by atoms with Gasteiger partial charge in [0.1, 0.15) is 0 Å². The van der Waals surface area contributed by atoms with Crippen LogP contribution >= 0.6 is 15.9 Å². The number of halogens is 1. The molecular weight excluding hydrogens is 294 g/mol. The highest BCUT2D eigenvalue weighted by Gasteiger charge is 2.05. The molecule has 1 amide bonds. The zero-order chi connectivity index (χ0) is 13.5. The minimum Gasteiger partial charge on any atom is -0.374 e. The van der Waals surface area contributed by atoms with E-state index in [0.717, 1.165) is 10.0 Å². The molecule has 0 aromatic heterocycles. The molecule has 0 aliphatic heterocycles. The molecule has 1 aromatic rings. The molecule has 0 bridgehead atoms. The molecule has 0 spiro atoms. The third-order valence-electron chi connectivity index (χ3n) is 2.24. The van der Waals surface area contributed by atoms with E-state index in [1.165, 1.54) is 0 Å². The molecular formula is C14H18BrNO2. The Kier molecular flexibility index (Phi) is 6.09. The quantitative estimate of drug-likeness (QED) is 0.875. The number of hydrogen-bond acceptors (Lipinski definition) is 2. The van der Waals surface area contributed by atoms with Crippen molar-refractivity contribution >= 4 is 21.8 Å². The first-order valence-corrected chi connectivity index (χ1v) is 6.60. The second-order valence-corrected chi connectivity index (χ2v) is 5.38. The molecule has 1 aromatic carbocycles. The molecule has 0 heterocycles. The summed E-state index contributed by atoms with van der Waals surface area (Å²) in [5.41, 5.74) is 1.70. The molecule has 0 fully saturated rings. The number of amides is 1. The van der Waals surface area contributed by atoms with Crippen LogP contribution in [-0.4, -0.2) is 18.6 Å². The highest BCUT2D eigenvalue weighted by molar-refractivity contribution is 9.11. The predicted molar refractivity (Wildman–Crippen MR) is 76.8 cm³/mol. The molecule has 0 unspecified atom stereocenters. The number of nitrogens with one attached hydrogen (secondary N) is 1. The first kappa shape index (κ1) is 14.9. The first-order chi connectivity index (χ1) is 8.49. The minimum atomic E-state index is -0.105. The Morgan fingerprint density at radius 1 is 1.39 bits per heavy atom. The maximum atomic E-state index is 11.7. The van der Waals surface area contributed by atoms with Crippen LogP contribution in [0.4, 0.5) is 0 Å². The first-order valence-electron chi connectivity index (χ1n) is 5.81. The van der Waals surface area contributed by atoms with Crippen LogP contribution < -0.4 is 5.32 Å². The second kappa shape index (κ2) is 7.34. The summed E-state index contributed by atoms with van der Waals surface area (Å²) in [6, 6.07) is 7.40. The maximum absolute atomic E-state index is 11.7. The van der Waals surface area contributed by atoms with Gasteiger partial charge in [0.15, 0.2) is 0 Å². The molecule has 0 aliphatic carbocycles. The average Bonchev–Trinajstić information content (AvgIpc) is 2.34. The van der Waals surface area contributed by atoms with E-state index in [2.05, 4.69) is 27.8 Å². The van der Waals surface area contributed by atoms with Gasteiger partial charge in [-0.15, -0.1) is 0 Å². The zero-order valence-corrected chi connectivity index (χ0v) is 12.3. The van der Waals surface area contributed by atoms with Crippen LogP contribution in [0.3, 0.4) is 0 Å². The Hall–Kier alpha value is -1.13. The van der Waals surface area contributed by atoms with E-state index >= 15 is 0 Å². The summed E-state index contributed by atoms with van der Waals surface area (Å²) in [6.45, 7) is 8.65. The van der Waals surface area contributed by atoms with Crippen molar-refractivity contribution in [3.8, 4) is 0 Å². The van der Waals surface area contributed by atoms with Crippen LogP contribution in [0.1, 0.15) is 29.8 Å². The Bertz CT molecular complexity index is 412. The smallest absolute Gasteiger partial charge is 0.251 e. The maximum Gasteiger partial charge on any atom is 0.251 e. The molecule has 0 aliphatic rings. The molecule has 98 valence electrons. The van der Waals surface area contributed by atoms with Crippen molar-refractivity contribution in [1.82, 2.24) is 5.32 Å². The fourth-order valence-corrected chi connectivity index (χ4v) is 1.43. The Morgan fingerprint density at radius 2 is 2.00 bits per heavy atom. The Labute approximate surface area is 116 Å². The van der Waals surface area contributed by atoms with Crippen LogP contribution in [0.5, 0.6) is 0 Å². The van der Waals surface area contributed by atoms with Crippen LogP contribution in [0, 0.1) is 0 Å². The number of hydrogen-bond donors (Lipinski definition) is 1. The van der Waals surface area contributed by atoms with Gasteiger partial charge in [-0.1, -0.05) is 34.6 Å². The van der Waals surface area contributed by atoms with E-state index in [9.17, 15) is 4.79 Å². The highest BCUT2D eigenvalue weighted by atomic mass is 79.9. The summed E-state index contributed by atoms with van der Waals surface area (Å²) in [6.07, 6.45) is 0.206. The summed E-state index contributed by atoms with van der Waals surface area (Å²) in [7, 11) is 0. The lowest BCUT2D eigenvalue weighted by molar-refractivity contribution is 0.0657. The lowest BCUT2D eigenvalue weighted by Gasteiger charge is -2.08. The summed E-state index contributed by atoms with van der Waals surface area (Å²) < 4.78 is 6.24. The molecule has 3 nitrogen and oxygen atoms in total. The van der Waals surface area contributed by atoms with E-state index in [0.29, 0.717) is 18.7 Å². The number of ether oxygens (including phenoxy) is 1. The number of benzene rings is 1. The lowest BCUT2D eigenvalue weighted by atomic mass is 10.1. The second-order valence-electron chi connectivity index (χ2n) is 4.26. The molecule has 4 heteroatoms. The van der Waals surface area contributed by atoms with Gasteiger partial charge in [-0.25, -0.2) is 0 Å². The highest BCUT2D eigenvalue weighted by Crippen LogP contribution is 2.07. The van der Waals surface area contributed by atoms with Crippen LogP contribution in [0.2, 0.25) is 0 Å². The van der Waals surface area contributed by atoms with Gasteiger partial charge in [0.2, 0.25) is 0 Å². The molecule has 1 rings (SSSR count). The summed E-state index contributed by atoms with van der Waals surface area (Å²) in [5.74, 6) is -0.105. The summed E-state index contributed by atoms with van der Waals surface area (Å²) >= 11 is 3.20. The van der Waals surface area contributed by atoms with E-state index < -0.39 is 0 Å². The summed E-state index contributed by atoms with van der Waals surface area (Å²) in [5, 5.41) is 2.75. The number of carbonyl (C=O) groups is 1.